The van der Waals surface area contributed by atoms with Crippen LogP contribution in [0.4, 0.5) is 10.5 Å². The zero-order valence-electron chi connectivity index (χ0n) is 11.3. The number of rotatable bonds is 1. The van der Waals surface area contributed by atoms with Gasteiger partial charge in [0.15, 0.2) is 0 Å². The van der Waals surface area contributed by atoms with Gasteiger partial charge in [-0.2, -0.15) is 0 Å². The van der Waals surface area contributed by atoms with Gasteiger partial charge in [0.25, 0.3) is 0 Å². The second kappa shape index (κ2) is 5.38. The zero-order valence-corrected chi connectivity index (χ0v) is 11.3. The van der Waals surface area contributed by atoms with Crippen molar-refractivity contribution in [2.45, 2.75) is 20.3 Å². The SMILES string of the molecule is CC1CC(C)CN(C(=O)Nc2cc(O)cc(O)c2)C1. The van der Waals surface area contributed by atoms with Crippen LogP contribution in [0.25, 0.3) is 0 Å². The number of anilines is 1. The first kappa shape index (κ1) is 13.5. The van der Waals surface area contributed by atoms with E-state index in [1.807, 2.05) is 0 Å². The van der Waals surface area contributed by atoms with E-state index in [9.17, 15) is 15.0 Å². The number of carbonyl (C=O) groups is 1. The second-order valence-electron chi connectivity index (χ2n) is 5.52. The standard InChI is InChI=1S/C14H20N2O3/c1-9-3-10(2)8-16(7-9)14(19)15-11-4-12(17)6-13(18)5-11/h4-6,9-10,17-18H,3,7-8H2,1-2H3,(H,15,19). The molecule has 19 heavy (non-hydrogen) atoms. The predicted molar refractivity (Wildman–Crippen MR) is 73.3 cm³/mol. The minimum atomic E-state index is -0.191. The number of urea groups is 1. The van der Waals surface area contributed by atoms with Gasteiger partial charge in [-0.3, -0.25) is 0 Å². The lowest BCUT2D eigenvalue weighted by Crippen LogP contribution is -2.44. The molecule has 0 aromatic heterocycles. The molecule has 0 saturated carbocycles. The van der Waals surface area contributed by atoms with Gasteiger partial charge in [-0.1, -0.05) is 13.8 Å². The van der Waals surface area contributed by atoms with E-state index in [1.54, 1.807) is 4.90 Å². The fraction of sp³-hybridized carbons (Fsp3) is 0.500. The van der Waals surface area contributed by atoms with Gasteiger partial charge in [0, 0.05) is 37.0 Å². The summed E-state index contributed by atoms with van der Waals surface area (Å²) in [6.45, 7) is 5.74. The van der Waals surface area contributed by atoms with Crippen LogP contribution in [0.2, 0.25) is 0 Å². The third-order valence-corrected chi connectivity index (χ3v) is 3.31. The van der Waals surface area contributed by atoms with Crippen molar-refractivity contribution in [3.05, 3.63) is 18.2 Å². The number of aromatic hydroxyl groups is 2. The monoisotopic (exact) mass is 264 g/mol. The molecule has 3 N–H and O–H groups in total. The smallest absolute Gasteiger partial charge is 0.321 e. The Kier molecular flexibility index (Phi) is 3.83. The maximum absolute atomic E-state index is 12.1. The highest BCUT2D eigenvalue weighted by Gasteiger charge is 2.25. The van der Waals surface area contributed by atoms with Crippen LogP contribution in [0.3, 0.4) is 0 Å². The fourth-order valence-corrected chi connectivity index (χ4v) is 2.70. The van der Waals surface area contributed by atoms with Crippen LogP contribution >= 0.6 is 0 Å². The summed E-state index contributed by atoms with van der Waals surface area (Å²) in [5.41, 5.74) is 0.397. The topological polar surface area (TPSA) is 72.8 Å². The third kappa shape index (κ3) is 3.53. The molecule has 2 atom stereocenters. The second-order valence-corrected chi connectivity index (χ2v) is 5.52. The van der Waals surface area contributed by atoms with E-state index in [-0.39, 0.29) is 17.5 Å². The largest absolute Gasteiger partial charge is 0.508 e. The van der Waals surface area contributed by atoms with E-state index < -0.39 is 0 Å². The molecule has 0 radical (unpaired) electrons. The first-order chi connectivity index (χ1) is 8.94. The Balaban J connectivity index is 2.04. The van der Waals surface area contributed by atoms with Gasteiger partial charge in [0.1, 0.15) is 11.5 Å². The van der Waals surface area contributed by atoms with E-state index in [1.165, 1.54) is 18.2 Å². The Morgan fingerprint density at radius 1 is 1.16 bits per heavy atom. The van der Waals surface area contributed by atoms with Crippen molar-refractivity contribution in [3.63, 3.8) is 0 Å². The Morgan fingerprint density at radius 2 is 1.68 bits per heavy atom. The van der Waals surface area contributed by atoms with E-state index in [2.05, 4.69) is 19.2 Å². The first-order valence-electron chi connectivity index (χ1n) is 6.53. The van der Waals surface area contributed by atoms with Crippen LogP contribution in [0.5, 0.6) is 11.5 Å². The minimum Gasteiger partial charge on any atom is -0.508 e. The molecular formula is C14H20N2O3. The molecule has 0 aliphatic carbocycles. The Hall–Kier alpha value is -1.91. The number of piperidine rings is 1. The van der Waals surface area contributed by atoms with Crippen molar-refractivity contribution in [1.29, 1.82) is 0 Å². The fourth-order valence-electron chi connectivity index (χ4n) is 2.70. The number of amides is 2. The van der Waals surface area contributed by atoms with Crippen LogP contribution in [0.15, 0.2) is 18.2 Å². The molecule has 2 unspecified atom stereocenters. The minimum absolute atomic E-state index is 0.0734. The van der Waals surface area contributed by atoms with E-state index in [4.69, 9.17) is 0 Å². The molecular weight excluding hydrogens is 244 g/mol. The van der Waals surface area contributed by atoms with Crippen LogP contribution in [-0.2, 0) is 0 Å². The maximum atomic E-state index is 12.1. The number of phenolic OH excluding ortho intramolecular Hbond substituents is 2. The predicted octanol–water partition coefficient (Wildman–Crippen LogP) is 2.61. The lowest BCUT2D eigenvalue weighted by Gasteiger charge is -2.34. The summed E-state index contributed by atoms with van der Waals surface area (Å²) in [5.74, 6) is 0.838. The number of phenols is 2. The molecule has 2 rings (SSSR count). The highest BCUT2D eigenvalue weighted by Crippen LogP contribution is 2.25. The van der Waals surface area contributed by atoms with Crippen molar-refractivity contribution in [1.82, 2.24) is 4.90 Å². The van der Waals surface area contributed by atoms with Crippen LogP contribution in [0, 0.1) is 11.8 Å². The van der Waals surface area contributed by atoms with Gasteiger partial charge in [-0.25, -0.2) is 4.79 Å². The third-order valence-electron chi connectivity index (χ3n) is 3.31. The summed E-state index contributed by atoms with van der Waals surface area (Å²) >= 11 is 0. The summed E-state index contributed by atoms with van der Waals surface area (Å²) in [6.07, 6.45) is 1.14. The summed E-state index contributed by atoms with van der Waals surface area (Å²) in [7, 11) is 0. The molecule has 1 fully saturated rings. The number of carbonyl (C=O) groups excluding carboxylic acids is 1. The van der Waals surface area contributed by atoms with Crippen LogP contribution < -0.4 is 5.32 Å². The molecule has 104 valence electrons. The number of likely N-dealkylation sites (tertiary alicyclic amines) is 1. The quantitative estimate of drug-likeness (QED) is 0.730. The van der Waals surface area contributed by atoms with Crippen molar-refractivity contribution >= 4 is 11.7 Å². The van der Waals surface area contributed by atoms with Crippen molar-refractivity contribution in [2.24, 2.45) is 11.8 Å². The van der Waals surface area contributed by atoms with Crippen LogP contribution in [-0.4, -0.2) is 34.2 Å². The molecule has 0 bridgehead atoms. The molecule has 1 aliphatic rings. The summed E-state index contributed by atoms with van der Waals surface area (Å²) in [4.78, 5) is 13.9. The molecule has 1 heterocycles. The highest BCUT2D eigenvalue weighted by atomic mass is 16.3. The normalized spacial score (nSPS) is 23.2. The Labute approximate surface area is 112 Å². The molecule has 5 heteroatoms. The molecule has 0 spiro atoms. The van der Waals surface area contributed by atoms with Gasteiger partial charge in [-0.05, 0) is 18.3 Å². The number of hydrogen-bond donors (Lipinski definition) is 3. The maximum Gasteiger partial charge on any atom is 0.321 e. The number of hydrogen-bond acceptors (Lipinski definition) is 3. The summed E-state index contributed by atoms with van der Waals surface area (Å²) in [5, 5.41) is 21.5. The molecule has 1 aliphatic heterocycles. The Bertz CT molecular complexity index is 446. The summed E-state index contributed by atoms with van der Waals surface area (Å²) in [6, 6.07) is 3.85. The molecule has 5 nitrogen and oxygen atoms in total. The van der Waals surface area contributed by atoms with Gasteiger partial charge in [-0.15, -0.1) is 0 Å². The van der Waals surface area contributed by atoms with Crippen molar-refractivity contribution in [3.8, 4) is 11.5 Å². The number of benzene rings is 1. The number of nitrogens with one attached hydrogen (secondary N) is 1. The molecule has 1 saturated heterocycles. The lowest BCUT2D eigenvalue weighted by molar-refractivity contribution is 0.156. The highest BCUT2D eigenvalue weighted by molar-refractivity contribution is 5.89. The first-order valence-corrected chi connectivity index (χ1v) is 6.53. The molecule has 1 aromatic rings. The van der Waals surface area contributed by atoms with Gasteiger partial charge in [0.05, 0.1) is 0 Å². The Morgan fingerprint density at radius 3 is 2.21 bits per heavy atom. The van der Waals surface area contributed by atoms with Gasteiger partial charge >= 0.3 is 6.03 Å². The van der Waals surface area contributed by atoms with Crippen molar-refractivity contribution < 1.29 is 15.0 Å². The van der Waals surface area contributed by atoms with E-state index in [0.29, 0.717) is 17.5 Å². The molecule has 2 amide bonds. The molecule has 1 aromatic carbocycles. The van der Waals surface area contributed by atoms with Crippen LogP contribution in [0.1, 0.15) is 20.3 Å². The lowest BCUT2D eigenvalue weighted by atomic mass is 9.92. The van der Waals surface area contributed by atoms with Gasteiger partial charge < -0.3 is 20.4 Å². The van der Waals surface area contributed by atoms with Gasteiger partial charge in [0.2, 0.25) is 0 Å². The van der Waals surface area contributed by atoms with E-state index >= 15 is 0 Å². The number of nitrogens with zero attached hydrogens (tertiary/aromatic N) is 1. The average Bonchev–Trinajstić information content (AvgIpc) is 2.25. The zero-order chi connectivity index (χ0) is 14.0. The van der Waals surface area contributed by atoms with E-state index in [0.717, 1.165) is 19.5 Å². The van der Waals surface area contributed by atoms with Crippen molar-refractivity contribution in [2.75, 3.05) is 18.4 Å². The average molecular weight is 264 g/mol. The summed E-state index contributed by atoms with van der Waals surface area (Å²) < 4.78 is 0.